The SMILES string of the molecule is CCCCC(CC)COc1ccc(C(O)(c2ccc(OCC(CC)CCCC)cc2)c2sccc2-c2cc3sc(-c4ccsc4C(O)(c4ccc(OCC(CC)CCCC)cc4)c4ccc(OCC(CC)CCCC)cc4)cc3s2)cc1. The zero-order valence-electron chi connectivity index (χ0n) is 50.3. The quantitative estimate of drug-likeness (QED) is 0.0407. The van der Waals surface area contributed by atoms with Gasteiger partial charge in [-0.3, -0.25) is 0 Å². The Balaban J connectivity index is 1.11. The van der Waals surface area contributed by atoms with Gasteiger partial charge in [-0.2, -0.15) is 0 Å². The van der Waals surface area contributed by atoms with E-state index in [0.29, 0.717) is 50.1 Å². The highest BCUT2D eigenvalue weighted by molar-refractivity contribution is 7.31. The lowest BCUT2D eigenvalue weighted by atomic mass is 9.83. The molecule has 2 N–H and O–H groups in total. The zero-order valence-corrected chi connectivity index (χ0v) is 53.6. The molecule has 0 saturated heterocycles. The molecule has 0 aliphatic carbocycles. The van der Waals surface area contributed by atoms with Gasteiger partial charge in [0.15, 0.2) is 0 Å². The van der Waals surface area contributed by atoms with Gasteiger partial charge in [0, 0.05) is 30.3 Å². The summed E-state index contributed by atoms with van der Waals surface area (Å²) in [5.74, 6) is 5.32. The fourth-order valence-electron chi connectivity index (χ4n) is 11.1. The lowest BCUT2D eigenvalue weighted by Crippen LogP contribution is -2.28. The third-order valence-electron chi connectivity index (χ3n) is 16.9. The molecule has 4 atom stereocenters. The zero-order chi connectivity index (χ0) is 57.9. The van der Waals surface area contributed by atoms with Gasteiger partial charge in [-0.05, 0) is 155 Å². The number of benzene rings is 4. The molecular formula is C72H92O6S4. The highest BCUT2D eigenvalue weighted by atomic mass is 32.1. The maximum absolute atomic E-state index is 13.5. The molecule has 8 rings (SSSR count). The molecule has 0 fully saturated rings. The smallest absolute Gasteiger partial charge is 0.150 e. The first-order valence-electron chi connectivity index (χ1n) is 31.1. The van der Waals surface area contributed by atoms with Crippen LogP contribution in [0, 0.1) is 23.7 Å². The standard InChI is InChI=1S/C72H92O6S4/c1-9-17-21-51(13-5)47-75-59-33-25-55(26-34-59)71(73,56-27-35-60(36-28-56)76-48-52(14-6)22-18-10-2)69-63(41-43-79-69)65-45-67-68(81-65)46-66(82-67)64-42-44-80-70(64)72(74,57-29-37-61(38-30-57)77-49-53(15-7)23-19-11-3)58-31-39-62(40-32-58)78-50-54(16-8)24-20-12-4/h25-46,51-54,73-74H,9-24,47-50H2,1-8H3. The Labute approximate surface area is 507 Å². The summed E-state index contributed by atoms with van der Waals surface area (Å²) in [7, 11) is 0. The van der Waals surface area contributed by atoms with Crippen LogP contribution in [0.25, 0.3) is 30.3 Å². The summed E-state index contributed by atoms with van der Waals surface area (Å²) in [4.78, 5) is 3.91. The predicted octanol–water partition coefficient (Wildman–Crippen LogP) is 21.4. The molecule has 0 amide bonds. The maximum Gasteiger partial charge on any atom is 0.150 e. The van der Waals surface area contributed by atoms with Gasteiger partial charge in [-0.15, -0.1) is 45.3 Å². The molecule has 4 unspecified atom stereocenters. The molecule has 0 aliphatic heterocycles. The number of hydrogen-bond donors (Lipinski definition) is 2. The van der Waals surface area contributed by atoms with Crippen LogP contribution in [-0.4, -0.2) is 36.6 Å². The summed E-state index contributed by atoms with van der Waals surface area (Å²) in [6.07, 6.45) is 18.6. The van der Waals surface area contributed by atoms with Crippen molar-refractivity contribution in [2.24, 2.45) is 23.7 Å². The Kier molecular flexibility index (Phi) is 24.1. The van der Waals surface area contributed by atoms with Crippen molar-refractivity contribution in [3.8, 4) is 43.9 Å². The van der Waals surface area contributed by atoms with Gasteiger partial charge in [0.2, 0.25) is 0 Å². The number of thiophene rings is 4. The average molecular weight is 1180 g/mol. The number of rotatable bonds is 36. The number of aliphatic hydroxyl groups is 2. The third-order valence-corrected chi connectivity index (χ3v) is 21.3. The van der Waals surface area contributed by atoms with Gasteiger partial charge in [0.1, 0.15) is 34.2 Å². The summed E-state index contributed by atoms with van der Waals surface area (Å²) in [5, 5.41) is 31.3. The van der Waals surface area contributed by atoms with Crippen LogP contribution in [0.5, 0.6) is 23.0 Å². The van der Waals surface area contributed by atoms with Crippen LogP contribution in [0.15, 0.2) is 132 Å². The van der Waals surface area contributed by atoms with Gasteiger partial charge in [-0.25, -0.2) is 0 Å². The van der Waals surface area contributed by atoms with Crippen LogP contribution in [0.1, 0.15) is 190 Å². The molecular weight excluding hydrogens is 1090 g/mol. The van der Waals surface area contributed by atoms with Crippen LogP contribution >= 0.6 is 45.3 Å². The van der Waals surface area contributed by atoms with Crippen LogP contribution in [0.3, 0.4) is 0 Å². The molecule has 440 valence electrons. The molecule has 10 heteroatoms. The van der Waals surface area contributed by atoms with Gasteiger partial charge >= 0.3 is 0 Å². The van der Waals surface area contributed by atoms with E-state index in [1.165, 1.54) is 77.0 Å². The minimum Gasteiger partial charge on any atom is -0.493 e. The first-order valence-corrected chi connectivity index (χ1v) is 34.5. The number of ether oxygens (including phenoxy) is 4. The number of hydrogen-bond acceptors (Lipinski definition) is 10. The summed E-state index contributed by atoms with van der Waals surface area (Å²) in [6, 6.07) is 41.3. The van der Waals surface area contributed by atoms with Crippen molar-refractivity contribution in [1.82, 2.24) is 0 Å². The van der Waals surface area contributed by atoms with Gasteiger partial charge in [0.05, 0.1) is 36.2 Å². The second-order valence-electron chi connectivity index (χ2n) is 22.7. The minimum atomic E-state index is -1.47. The van der Waals surface area contributed by atoms with Crippen LogP contribution in [-0.2, 0) is 11.2 Å². The predicted molar refractivity (Wildman–Crippen MR) is 352 cm³/mol. The van der Waals surface area contributed by atoms with E-state index in [-0.39, 0.29) is 0 Å². The Morgan fingerprint density at radius 1 is 0.366 bits per heavy atom. The van der Waals surface area contributed by atoms with Gasteiger partial charge in [0.25, 0.3) is 0 Å². The highest BCUT2D eigenvalue weighted by Gasteiger charge is 2.40. The first kappa shape index (κ1) is 63.1. The Hall–Kier alpha value is -4.94. The molecule has 6 nitrogen and oxygen atoms in total. The summed E-state index contributed by atoms with van der Waals surface area (Å²) < 4.78 is 27.9. The fraction of sp³-hybridized carbons (Fsp3) is 0.472. The van der Waals surface area contributed by atoms with Crippen LogP contribution < -0.4 is 18.9 Å². The fourth-order valence-corrected chi connectivity index (χ4v) is 15.8. The highest BCUT2D eigenvalue weighted by Crippen LogP contribution is 2.52. The van der Waals surface area contributed by atoms with Gasteiger partial charge < -0.3 is 29.2 Å². The van der Waals surface area contributed by atoms with E-state index in [1.54, 1.807) is 45.3 Å². The van der Waals surface area contributed by atoms with Gasteiger partial charge in [-0.1, -0.05) is 181 Å². The van der Waals surface area contributed by atoms with Crippen molar-refractivity contribution in [3.63, 3.8) is 0 Å². The van der Waals surface area contributed by atoms with Crippen LogP contribution in [0.4, 0.5) is 0 Å². The number of fused-ring (bicyclic) bond motifs is 1. The van der Waals surface area contributed by atoms with E-state index in [9.17, 15) is 10.2 Å². The normalized spacial score (nSPS) is 14.7. The second-order valence-corrected chi connectivity index (χ2v) is 26.7. The summed E-state index contributed by atoms with van der Waals surface area (Å²) in [6.45, 7) is 20.7. The lowest BCUT2D eigenvalue weighted by molar-refractivity contribution is 0.129. The number of unbranched alkanes of at least 4 members (excludes halogenated alkanes) is 4. The molecule has 4 aromatic carbocycles. The van der Waals surface area contributed by atoms with E-state index in [0.717, 1.165) is 111 Å². The molecule has 0 saturated carbocycles. The summed E-state index contributed by atoms with van der Waals surface area (Å²) >= 11 is 6.66. The Morgan fingerprint density at radius 3 is 0.854 bits per heavy atom. The van der Waals surface area contributed by atoms with Crippen molar-refractivity contribution >= 4 is 54.7 Å². The van der Waals surface area contributed by atoms with E-state index in [1.807, 2.05) is 97.1 Å². The molecule has 4 heterocycles. The average Bonchev–Trinajstić information content (AvgIpc) is 4.30. The molecule has 0 bridgehead atoms. The van der Waals surface area contributed by atoms with E-state index < -0.39 is 11.2 Å². The maximum atomic E-state index is 13.5. The van der Waals surface area contributed by atoms with Crippen molar-refractivity contribution in [2.75, 3.05) is 26.4 Å². The van der Waals surface area contributed by atoms with E-state index in [2.05, 4.69) is 90.4 Å². The van der Waals surface area contributed by atoms with Crippen LogP contribution in [0.2, 0.25) is 0 Å². The van der Waals surface area contributed by atoms with Crippen molar-refractivity contribution in [2.45, 2.75) is 169 Å². The Bertz CT molecular complexity index is 2730. The first-order chi connectivity index (χ1) is 40.0. The molecule has 8 aromatic rings. The second kappa shape index (κ2) is 31.3. The van der Waals surface area contributed by atoms with Crippen molar-refractivity contribution in [3.05, 3.63) is 164 Å². The van der Waals surface area contributed by atoms with Crippen molar-refractivity contribution < 1.29 is 29.2 Å². The van der Waals surface area contributed by atoms with E-state index in [4.69, 9.17) is 18.9 Å². The Morgan fingerprint density at radius 2 is 0.622 bits per heavy atom. The van der Waals surface area contributed by atoms with E-state index >= 15 is 0 Å². The topological polar surface area (TPSA) is 77.4 Å². The molecule has 4 aromatic heterocycles. The molecule has 0 radical (unpaired) electrons. The molecule has 82 heavy (non-hydrogen) atoms. The molecule has 0 spiro atoms. The molecule has 0 aliphatic rings. The summed E-state index contributed by atoms with van der Waals surface area (Å²) in [5.41, 5.74) is 2.21. The minimum absolute atomic E-state index is 0.516. The largest absolute Gasteiger partial charge is 0.493 e. The van der Waals surface area contributed by atoms with Crippen molar-refractivity contribution in [1.29, 1.82) is 0 Å². The third kappa shape index (κ3) is 15.5. The monoisotopic (exact) mass is 1180 g/mol. The lowest BCUT2D eigenvalue weighted by Gasteiger charge is -2.30.